The fraction of sp³-hybridized carbons (Fsp3) is 0.231. The summed E-state index contributed by atoms with van der Waals surface area (Å²) in [5.41, 5.74) is 2.95. The third-order valence-corrected chi connectivity index (χ3v) is 4.04. The van der Waals surface area contributed by atoms with E-state index in [1.807, 2.05) is 23.9 Å². The van der Waals surface area contributed by atoms with Crippen LogP contribution >= 0.6 is 11.3 Å². The molecular formula is C13H13BrN2O4S. The lowest BCUT2D eigenvalue weighted by molar-refractivity contribution is -0.689. The Morgan fingerprint density at radius 2 is 1.95 bits per heavy atom. The number of thiazole rings is 1. The van der Waals surface area contributed by atoms with Crippen molar-refractivity contribution in [2.75, 3.05) is 0 Å². The van der Waals surface area contributed by atoms with Crippen LogP contribution in [0.5, 0.6) is 0 Å². The van der Waals surface area contributed by atoms with Gasteiger partial charge in [0.05, 0.1) is 10.4 Å². The van der Waals surface area contributed by atoms with Crippen molar-refractivity contribution >= 4 is 23.3 Å². The van der Waals surface area contributed by atoms with Crippen molar-refractivity contribution in [3.63, 3.8) is 0 Å². The van der Waals surface area contributed by atoms with Gasteiger partial charge in [0.2, 0.25) is 5.51 Å². The summed E-state index contributed by atoms with van der Waals surface area (Å²) in [6, 6.07) is 1.36. The maximum atomic E-state index is 11.1. The molecule has 0 unspecified atom stereocenters. The van der Waals surface area contributed by atoms with Crippen molar-refractivity contribution in [1.82, 2.24) is 4.98 Å². The van der Waals surface area contributed by atoms with Crippen LogP contribution in [0.25, 0.3) is 0 Å². The minimum absolute atomic E-state index is 0. The smallest absolute Gasteiger partial charge is 0.355 e. The van der Waals surface area contributed by atoms with Gasteiger partial charge in [0.1, 0.15) is 0 Å². The second-order valence-electron chi connectivity index (χ2n) is 4.34. The summed E-state index contributed by atoms with van der Waals surface area (Å²) in [5, 5.41) is 18.0. The van der Waals surface area contributed by atoms with Gasteiger partial charge in [-0.1, -0.05) is 11.3 Å². The molecule has 2 aromatic rings. The largest absolute Gasteiger partial charge is 1.00 e. The molecule has 2 rings (SSSR count). The normalized spacial score (nSPS) is 10.0. The van der Waals surface area contributed by atoms with Crippen LogP contribution in [-0.4, -0.2) is 27.1 Å². The zero-order valence-electron chi connectivity index (χ0n) is 11.3. The minimum atomic E-state index is -1.34. The topological polar surface area (TPSA) is 91.4 Å². The van der Waals surface area contributed by atoms with Gasteiger partial charge in [0, 0.05) is 18.7 Å². The molecule has 0 saturated heterocycles. The van der Waals surface area contributed by atoms with E-state index in [0.717, 1.165) is 5.69 Å². The van der Waals surface area contributed by atoms with E-state index in [0.29, 0.717) is 12.1 Å². The van der Waals surface area contributed by atoms with Crippen LogP contribution in [0.3, 0.4) is 0 Å². The molecule has 0 spiro atoms. The number of aryl methyl sites for hydroxylation is 1. The van der Waals surface area contributed by atoms with E-state index < -0.39 is 17.6 Å². The first-order valence-corrected chi connectivity index (χ1v) is 6.67. The Morgan fingerprint density at radius 3 is 2.43 bits per heavy atom. The zero-order chi connectivity index (χ0) is 14.9. The SMILES string of the molecule is Cc1sc[n+](Cc2cnc(C(=O)O)c(C(=O)O)c2)c1C.[Br-]. The summed E-state index contributed by atoms with van der Waals surface area (Å²) in [7, 11) is 0. The van der Waals surface area contributed by atoms with Crippen molar-refractivity contribution in [1.29, 1.82) is 0 Å². The molecular weight excluding hydrogens is 360 g/mol. The number of pyridine rings is 1. The molecule has 0 aliphatic carbocycles. The Kier molecular flexibility index (Phi) is 5.56. The van der Waals surface area contributed by atoms with Crippen LogP contribution in [0, 0.1) is 13.8 Å². The molecule has 0 amide bonds. The quantitative estimate of drug-likeness (QED) is 0.637. The first kappa shape index (κ1) is 17.3. The second-order valence-corrected chi connectivity index (χ2v) is 5.40. The molecule has 0 saturated carbocycles. The molecule has 0 fully saturated rings. The van der Waals surface area contributed by atoms with Gasteiger partial charge in [-0.05, 0) is 13.0 Å². The van der Waals surface area contributed by atoms with Gasteiger partial charge in [-0.15, -0.1) is 0 Å². The second kappa shape index (κ2) is 6.77. The van der Waals surface area contributed by atoms with Crippen molar-refractivity contribution in [3.05, 3.63) is 45.2 Å². The maximum absolute atomic E-state index is 11.1. The highest BCUT2D eigenvalue weighted by atomic mass is 79.9. The van der Waals surface area contributed by atoms with Crippen molar-refractivity contribution in [2.45, 2.75) is 20.4 Å². The molecule has 2 aromatic heterocycles. The standard InChI is InChI=1S/C13H12N2O4S.BrH/c1-7-8(2)20-6-15(7)5-9-3-10(12(16)17)11(13(18)19)14-4-9;/h3-4,6H,5H2,1-2H3,(H-,16,17,18,19);1H. The number of carboxylic acids is 2. The molecule has 8 heteroatoms. The Hall–Kier alpha value is -1.80. The number of carboxylic acid groups (broad SMARTS) is 2. The van der Waals surface area contributed by atoms with Gasteiger partial charge in [-0.2, -0.15) is 4.57 Å². The van der Waals surface area contributed by atoms with E-state index in [9.17, 15) is 9.59 Å². The average molecular weight is 373 g/mol. The van der Waals surface area contributed by atoms with Gasteiger partial charge in [-0.3, -0.25) is 0 Å². The summed E-state index contributed by atoms with van der Waals surface area (Å²) in [6.07, 6.45) is 1.40. The number of rotatable bonds is 4. The van der Waals surface area contributed by atoms with Crippen LogP contribution < -0.4 is 21.5 Å². The van der Waals surface area contributed by atoms with Crippen LogP contribution in [0.15, 0.2) is 17.8 Å². The number of halogens is 1. The number of nitrogens with zero attached hydrogens (tertiary/aromatic N) is 2. The lowest BCUT2D eigenvalue weighted by Gasteiger charge is -2.03. The maximum Gasteiger partial charge on any atom is 0.355 e. The van der Waals surface area contributed by atoms with Gasteiger partial charge in [0.25, 0.3) is 0 Å². The van der Waals surface area contributed by atoms with E-state index in [1.54, 1.807) is 11.3 Å². The highest BCUT2D eigenvalue weighted by Gasteiger charge is 2.20. The number of hydrogen-bond donors (Lipinski definition) is 2. The van der Waals surface area contributed by atoms with Gasteiger partial charge < -0.3 is 27.2 Å². The Bertz CT molecular complexity index is 699. The number of aromatic carboxylic acids is 2. The Labute approximate surface area is 135 Å². The van der Waals surface area contributed by atoms with Gasteiger partial charge >= 0.3 is 11.9 Å². The highest BCUT2D eigenvalue weighted by Crippen LogP contribution is 2.12. The summed E-state index contributed by atoms with van der Waals surface area (Å²) < 4.78 is 1.98. The fourth-order valence-electron chi connectivity index (χ4n) is 1.79. The molecule has 0 aliphatic rings. The van der Waals surface area contributed by atoms with E-state index in [-0.39, 0.29) is 22.5 Å². The Balaban J connectivity index is 0.00000220. The average Bonchev–Trinajstić information content (AvgIpc) is 2.70. The molecule has 6 nitrogen and oxygen atoms in total. The third kappa shape index (κ3) is 3.64. The van der Waals surface area contributed by atoms with Crippen LogP contribution in [0.1, 0.15) is 37.0 Å². The molecule has 21 heavy (non-hydrogen) atoms. The first-order chi connectivity index (χ1) is 9.40. The molecule has 2 N–H and O–H groups in total. The number of hydrogen-bond acceptors (Lipinski definition) is 4. The summed E-state index contributed by atoms with van der Waals surface area (Å²) >= 11 is 1.60. The van der Waals surface area contributed by atoms with Crippen molar-refractivity contribution in [3.8, 4) is 0 Å². The van der Waals surface area contributed by atoms with Crippen molar-refractivity contribution in [2.24, 2.45) is 0 Å². The predicted molar refractivity (Wildman–Crippen MR) is 71.2 cm³/mol. The lowest BCUT2D eigenvalue weighted by atomic mass is 10.1. The van der Waals surface area contributed by atoms with Crippen LogP contribution in [-0.2, 0) is 6.54 Å². The fourth-order valence-corrected chi connectivity index (χ4v) is 2.60. The first-order valence-electron chi connectivity index (χ1n) is 5.79. The van der Waals surface area contributed by atoms with E-state index in [2.05, 4.69) is 4.98 Å². The van der Waals surface area contributed by atoms with Crippen molar-refractivity contribution < 1.29 is 41.4 Å². The van der Waals surface area contributed by atoms with Gasteiger partial charge in [0.15, 0.2) is 17.9 Å². The predicted octanol–water partition coefficient (Wildman–Crippen LogP) is -1.50. The summed E-state index contributed by atoms with van der Waals surface area (Å²) in [6.45, 7) is 4.44. The molecule has 0 aromatic carbocycles. The monoisotopic (exact) mass is 372 g/mol. The van der Waals surface area contributed by atoms with Gasteiger partial charge in [-0.25, -0.2) is 14.6 Å². The highest BCUT2D eigenvalue weighted by molar-refractivity contribution is 7.09. The molecule has 0 radical (unpaired) electrons. The molecule has 0 aliphatic heterocycles. The summed E-state index contributed by atoms with van der Waals surface area (Å²) in [5.74, 6) is -2.64. The minimum Gasteiger partial charge on any atom is -1.00 e. The zero-order valence-corrected chi connectivity index (χ0v) is 13.7. The molecule has 2 heterocycles. The van der Waals surface area contributed by atoms with E-state index in [4.69, 9.17) is 10.2 Å². The number of carbonyl (C=O) groups is 2. The molecule has 0 atom stereocenters. The Morgan fingerprint density at radius 1 is 1.29 bits per heavy atom. The van der Waals surface area contributed by atoms with Crippen LogP contribution in [0.2, 0.25) is 0 Å². The molecule has 112 valence electrons. The molecule has 0 bridgehead atoms. The van der Waals surface area contributed by atoms with E-state index in [1.165, 1.54) is 17.1 Å². The number of aromatic nitrogens is 2. The third-order valence-electron chi connectivity index (χ3n) is 3.03. The van der Waals surface area contributed by atoms with Crippen LogP contribution in [0.4, 0.5) is 0 Å². The van der Waals surface area contributed by atoms with E-state index >= 15 is 0 Å². The summed E-state index contributed by atoms with van der Waals surface area (Å²) in [4.78, 5) is 26.9. The lowest BCUT2D eigenvalue weighted by Crippen LogP contribution is -3.00.